The molecule has 0 saturated carbocycles. The molecular weight excluding hydrogens is 209 g/mol. The van der Waals surface area contributed by atoms with E-state index in [9.17, 15) is 4.39 Å². The lowest BCUT2D eigenvalue weighted by molar-refractivity contribution is 0.441. The Balaban J connectivity index is 2.27. The minimum Gasteiger partial charge on any atom is -0.422 e. The first-order valence-corrected chi connectivity index (χ1v) is 4.67. The summed E-state index contributed by atoms with van der Waals surface area (Å²) in [6.07, 6.45) is 1.58. The van der Waals surface area contributed by atoms with Gasteiger partial charge in [-0.15, -0.1) is 0 Å². The summed E-state index contributed by atoms with van der Waals surface area (Å²) in [5, 5.41) is 0. The van der Waals surface area contributed by atoms with Crippen LogP contribution < -0.4 is 10.5 Å². The van der Waals surface area contributed by atoms with Crippen molar-refractivity contribution in [3.8, 4) is 11.8 Å². The fourth-order valence-corrected chi connectivity index (χ4v) is 1.19. The van der Waals surface area contributed by atoms with Crippen molar-refractivity contribution in [2.24, 2.45) is 0 Å². The van der Waals surface area contributed by atoms with Crippen LogP contribution in [-0.4, -0.2) is 9.97 Å². The van der Waals surface area contributed by atoms with Gasteiger partial charge in [0.2, 0.25) is 0 Å². The van der Waals surface area contributed by atoms with Crippen LogP contribution in [0.2, 0.25) is 0 Å². The smallest absolute Gasteiger partial charge is 0.322 e. The number of nitrogens with zero attached hydrogens (tertiary/aromatic N) is 2. The average Bonchev–Trinajstić information content (AvgIpc) is 2.22. The normalized spacial score (nSPS) is 10.1. The molecule has 1 heterocycles. The quantitative estimate of drug-likeness (QED) is 0.787. The Morgan fingerprint density at radius 2 is 2.12 bits per heavy atom. The number of hydrogen-bond acceptors (Lipinski definition) is 4. The van der Waals surface area contributed by atoms with Gasteiger partial charge in [0.05, 0.1) is 5.69 Å². The minimum absolute atomic E-state index is 0.193. The predicted molar refractivity (Wildman–Crippen MR) is 57.7 cm³/mol. The van der Waals surface area contributed by atoms with Crippen LogP contribution in [0.4, 0.5) is 10.1 Å². The van der Waals surface area contributed by atoms with Crippen LogP contribution in [0.3, 0.4) is 0 Å². The number of nitrogen functional groups attached to an aromatic ring is 1. The summed E-state index contributed by atoms with van der Waals surface area (Å²) in [6, 6.07) is 5.84. The molecule has 0 fully saturated rings. The van der Waals surface area contributed by atoms with Gasteiger partial charge in [-0.2, -0.15) is 0 Å². The minimum atomic E-state index is -0.407. The molecular formula is C11H10FN3O. The zero-order valence-electron chi connectivity index (χ0n) is 8.64. The molecule has 0 aliphatic heterocycles. The van der Waals surface area contributed by atoms with Crippen LogP contribution in [-0.2, 0) is 0 Å². The molecule has 82 valence electrons. The highest BCUT2D eigenvalue weighted by molar-refractivity contribution is 5.53. The van der Waals surface area contributed by atoms with E-state index in [0.29, 0.717) is 5.75 Å². The SMILES string of the molecule is Cc1ccnc(Oc2ccc(F)cc2N)n1. The summed E-state index contributed by atoms with van der Waals surface area (Å²) >= 11 is 0. The second-order valence-electron chi connectivity index (χ2n) is 3.26. The summed E-state index contributed by atoms with van der Waals surface area (Å²) < 4.78 is 18.1. The summed E-state index contributed by atoms with van der Waals surface area (Å²) in [5.74, 6) is -0.0676. The third-order valence-corrected chi connectivity index (χ3v) is 1.95. The lowest BCUT2D eigenvalue weighted by Gasteiger charge is -2.06. The fraction of sp³-hybridized carbons (Fsp3) is 0.0909. The van der Waals surface area contributed by atoms with Crippen molar-refractivity contribution >= 4 is 5.69 Å². The van der Waals surface area contributed by atoms with Gasteiger partial charge >= 0.3 is 6.01 Å². The number of anilines is 1. The number of nitrogens with two attached hydrogens (primary N) is 1. The van der Waals surface area contributed by atoms with Crippen LogP contribution in [0.1, 0.15) is 5.69 Å². The van der Waals surface area contributed by atoms with Crippen LogP contribution in [0.5, 0.6) is 11.8 Å². The van der Waals surface area contributed by atoms with Crippen molar-refractivity contribution in [2.75, 3.05) is 5.73 Å². The second kappa shape index (κ2) is 4.14. The van der Waals surface area contributed by atoms with Crippen molar-refractivity contribution in [2.45, 2.75) is 6.92 Å². The molecule has 0 amide bonds. The first-order valence-electron chi connectivity index (χ1n) is 4.67. The number of rotatable bonds is 2. The molecule has 16 heavy (non-hydrogen) atoms. The van der Waals surface area contributed by atoms with Crippen LogP contribution in [0, 0.1) is 12.7 Å². The zero-order chi connectivity index (χ0) is 11.5. The van der Waals surface area contributed by atoms with Crippen LogP contribution in [0.25, 0.3) is 0 Å². The van der Waals surface area contributed by atoms with E-state index in [-0.39, 0.29) is 11.7 Å². The molecule has 1 aromatic carbocycles. The largest absolute Gasteiger partial charge is 0.422 e. The molecule has 5 heteroatoms. The van der Waals surface area contributed by atoms with Gasteiger partial charge in [-0.25, -0.2) is 14.4 Å². The second-order valence-corrected chi connectivity index (χ2v) is 3.26. The van der Waals surface area contributed by atoms with E-state index >= 15 is 0 Å². The first-order chi connectivity index (χ1) is 7.65. The topological polar surface area (TPSA) is 61.0 Å². The van der Waals surface area contributed by atoms with Gasteiger partial charge in [-0.3, -0.25) is 0 Å². The predicted octanol–water partition coefficient (Wildman–Crippen LogP) is 2.30. The van der Waals surface area contributed by atoms with Crippen LogP contribution >= 0.6 is 0 Å². The van der Waals surface area contributed by atoms with Gasteiger partial charge in [-0.05, 0) is 25.1 Å². The van der Waals surface area contributed by atoms with Gasteiger partial charge in [-0.1, -0.05) is 0 Å². The summed E-state index contributed by atoms with van der Waals surface area (Å²) in [6.45, 7) is 1.82. The fourth-order valence-electron chi connectivity index (χ4n) is 1.19. The number of benzene rings is 1. The van der Waals surface area contributed by atoms with Crippen molar-refractivity contribution < 1.29 is 9.13 Å². The van der Waals surface area contributed by atoms with E-state index in [1.807, 2.05) is 6.92 Å². The molecule has 0 spiro atoms. The number of halogens is 1. The van der Waals surface area contributed by atoms with Gasteiger partial charge in [0.25, 0.3) is 0 Å². The number of aryl methyl sites for hydroxylation is 1. The molecule has 0 aliphatic carbocycles. The van der Waals surface area contributed by atoms with Crippen molar-refractivity contribution in [3.63, 3.8) is 0 Å². The summed E-state index contributed by atoms with van der Waals surface area (Å²) in [5.41, 5.74) is 6.58. The third-order valence-electron chi connectivity index (χ3n) is 1.95. The van der Waals surface area contributed by atoms with Gasteiger partial charge < -0.3 is 10.5 Å². The third kappa shape index (κ3) is 2.25. The van der Waals surface area contributed by atoms with E-state index in [1.54, 1.807) is 12.3 Å². The van der Waals surface area contributed by atoms with Crippen molar-refractivity contribution in [1.29, 1.82) is 0 Å². The number of hydrogen-bond donors (Lipinski definition) is 1. The van der Waals surface area contributed by atoms with E-state index in [2.05, 4.69) is 9.97 Å². The van der Waals surface area contributed by atoms with E-state index in [4.69, 9.17) is 10.5 Å². The maximum Gasteiger partial charge on any atom is 0.322 e. The zero-order valence-corrected chi connectivity index (χ0v) is 8.64. The molecule has 4 nitrogen and oxygen atoms in total. The monoisotopic (exact) mass is 219 g/mol. The maximum absolute atomic E-state index is 12.8. The first kappa shape index (κ1) is 10.4. The molecule has 0 atom stereocenters. The Labute approximate surface area is 91.9 Å². The molecule has 2 N–H and O–H groups in total. The Kier molecular flexibility index (Phi) is 2.68. The lowest BCUT2D eigenvalue weighted by atomic mass is 10.3. The molecule has 0 unspecified atom stereocenters. The Bertz CT molecular complexity index is 516. The van der Waals surface area contributed by atoms with Gasteiger partial charge in [0.1, 0.15) is 5.82 Å². The Hall–Kier alpha value is -2.17. The van der Waals surface area contributed by atoms with Crippen molar-refractivity contribution in [1.82, 2.24) is 9.97 Å². The molecule has 2 rings (SSSR count). The molecule has 1 aromatic heterocycles. The standard InChI is InChI=1S/C11H10FN3O/c1-7-4-5-14-11(15-7)16-10-3-2-8(12)6-9(10)13/h2-6H,13H2,1H3. The average molecular weight is 219 g/mol. The van der Waals surface area contributed by atoms with Crippen molar-refractivity contribution in [3.05, 3.63) is 42.0 Å². The van der Waals surface area contributed by atoms with Gasteiger partial charge in [0, 0.05) is 18.0 Å². The Morgan fingerprint density at radius 1 is 1.31 bits per heavy atom. The molecule has 0 saturated heterocycles. The van der Waals surface area contributed by atoms with Crippen LogP contribution in [0.15, 0.2) is 30.5 Å². The number of aromatic nitrogens is 2. The highest BCUT2D eigenvalue weighted by atomic mass is 19.1. The maximum atomic E-state index is 12.8. The molecule has 0 bridgehead atoms. The van der Waals surface area contributed by atoms with E-state index in [0.717, 1.165) is 5.69 Å². The molecule has 2 aromatic rings. The number of ether oxygens (including phenoxy) is 1. The highest BCUT2D eigenvalue weighted by Gasteiger charge is 2.05. The highest BCUT2D eigenvalue weighted by Crippen LogP contribution is 2.25. The Morgan fingerprint density at radius 3 is 2.81 bits per heavy atom. The molecule has 0 radical (unpaired) electrons. The van der Waals surface area contributed by atoms with E-state index in [1.165, 1.54) is 18.2 Å². The lowest BCUT2D eigenvalue weighted by Crippen LogP contribution is -1.96. The van der Waals surface area contributed by atoms with E-state index < -0.39 is 5.82 Å². The summed E-state index contributed by atoms with van der Waals surface area (Å²) in [7, 11) is 0. The van der Waals surface area contributed by atoms with Gasteiger partial charge in [0.15, 0.2) is 5.75 Å². The summed E-state index contributed by atoms with van der Waals surface area (Å²) in [4.78, 5) is 7.97. The molecule has 0 aliphatic rings.